The molecule has 2 aliphatic rings. The molecule has 1 aliphatic carbocycles. The number of benzene rings is 2. The molecule has 1 saturated heterocycles. The second-order valence-corrected chi connectivity index (χ2v) is 11.3. The van der Waals surface area contributed by atoms with Gasteiger partial charge in [-0.05, 0) is 74.5 Å². The Hall–Kier alpha value is -4.37. The monoisotopic (exact) mass is 538 g/mol. The number of ether oxygens (including phenoxy) is 2. The van der Waals surface area contributed by atoms with Gasteiger partial charge in [0.2, 0.25) is 0 Å². The zero-order valence-electron chi connectivity index (χ0n) is 23.1. The van der Waals surface area contributed by atoms with Crippen LogP contribution in [0.15, 0.2) is 61.1 Å². The van der Waals surface area contributed by atoms with E-state index in [1.165, 1.54) is 0 Å². The number of rotatable bonds is 8. The minimum absolute atomic E-state index is 0.291. The van der Waals surface area contributed by atoms with Crippen LogP contribution >= 0.6 is 0 Å². The quantitative estimate of drug-likeness (QED) is 0.328. The maximum atomic E-state index is 12.4. The number of carbonyl (C=O) groups excluding carboxylic acids is 1. The molecule has 206 valence electrons. The summed E-state index contributed by atoms with van der Waals surface area (Å²) in [6, 6.07) is 13.7. The first-order valence-electron chi connectivity index (χ1n) is 13.5. The van der Waals surface area contributed by atoms with Crippen LogP contribution < -0.4 is 20.9 Å². The van der Waals surface area contributed by atoms with Gasteiger partial charge in [0.05, 0.1) is 5.56 Å². The molecule has 0 unspecified atom stereocenters. The molecule has 1 amide bonds. The number of nitrogen functional groups attached to an aromatic ring is 1. The third kappa shape index (κ3) is 5.00. The lowest BCUT2D eigenvalue weighted by atomic mass is 9.61. The van der Waals surface area contributed by atoms with Crippen LogP contribution in [0.3, 0.4) is 0 Å². The molecule has 6 rings (SSSR count). The van der Waals surface area contributed by atoms with E-state index in [0.717, 1.165) is 54.0 Å². The zero-order valence-corrected chi connectivity index (χ0v) is 23.1. The van der Waals surface area contributed by atoms with Crippen LogP contribution in [0.1, 0.15) is 46.2 Å². The first-order valence-corrected chi connectivity index (χ1v) is 13.5. The van der Waals surface area contributed by atoms with Gasteiger partial charge in [0.15, 0.2) is 0 Å². The second kappa shape index (κ2) is 9.98. The molecule has 0 atom stereocenters. The highest BCUT2D eigenvalue weighted by Crippen LogP contribution is 2.55. The van der Waals surface area contributed by atoms with Crippen LogP contribution in [0.2, 0.25) is 0 Å². The SMILES string of the molecule is Cc1cc(OCc2cnc(C)nc2)cc(Oc2ccc(-c3cn(C4CC5(C4)CN(C)C5)c(N)c3C(N)=O)cc2)c1. The third-order valence-electron chi connectivity index (χ3n) is 7.92. The van der Waals surface area contributed by atoms with Crippen molar-refractivity contribution in [3.63, 3.8) is 0 Å². The predicted molar refractivity (Wildman–Crippen MR) is 153 cm³/mol. The van der Waals surface area contributed by atoms with Crippen molar-refractivity contribution in [1.29, 1.82) is 0 Å². The summed E-state index contributed by atoms with van der Waals surface area (Å²) in [7, 11) is 2.15. The number of anilines is 1. The molecule has 40 heavy (non-hydrogen) atoms. The van der Waals surface area contributed by atoms with E-state index in [2.05, 4.69) is 21.9 Å². The standard InChI is InChI=1S/C31H34N6O3/c1-19-8-25(39-16-21-13-34-20(2)35-14-21)10-26(9-19)40-24-6-4-22(5-7-24)27-15-37(29(32)28(27)30(33)38)23-11-31(12-23)17-36(3)18-31/h4-10,13-15,23H,11-12,16-18,32H2,1-3H3,(H2,33,38). The Bertz CT molecular complexity index is 1550. The summed E-state index contributed by atoms with van der Waals surface area (Å²) < 4.78 is 14.2. The van der Waals surface area contributed by atoms with Crippen molar-refractivity contribution < 1.29 is 14.3 Å². The van der Waals surface area contributed by atoms with E-state index in [1.807, 2.05) is 67.1 Å². The molecule has 1 aliphatic heterocycles. The van der Waals surface area contributed by atoms with Crippen molar-refractivity contribution in [3.8, 4) is 28.4 Å². The fourth-order valence-electron chi connectivity index (χ4n) is 6.17. The summed E-state index contributed by atoms with van der Waals surface area (Å²) in [6.07, 6.45) is 7.65. The number of carbonyl (C=O) groups is 1. The summed E-state index contributed by atoms with van der Waals surface area (Å²) in [5.41, 5.74) is 16.5. The van der Waals surface area contributed by atoms with E-state index in [0.29, 0.717) is 46.7 Å². The number of likely N-dealkylation sites (tertiary alicyclic amines) is 1. The molecule has 9 heteroatoms. The molecule has 4 N–H and O–H groups in total. The summed E-state index contributed by atoms with van der Waals surface area (Å²) >= 11 is 0. The minimum atomic E-state index is -0.520. The largest absolute Gasteiger partial charge is 0.489 e. The fraction of sp³-hybridized carbons (Fsp3) is 0.323. The van der Waals surface area contributed by atoms with Gasteiger partial charge in [-0.3, -0.25) is 4.79 Å². The van der Waals surface area contributed by atoms with Crippen molar-refractivity contribution >= 4 is 11.7 Å². The molecule has 2 aromatic heterocycles. The Morgan fingerprint density at radius 3 is 2.35 bits per heavy atom. The molecule has 1 spiro atoms. The molecule has 0 radical (unpaired) electrons. The molecular formula is C31H34N6O3. The van der Waals surface area contributed by atoms with Gasteiger partial charge in [-0.2, -0.15) is 0 Å². The number of primary amides is 1. The van der Waals surface area contributed by atoms with Gasteiger partial charge in [-0.1, -0.05) is 12.1 Å². The number of nitrogens with zero attached hydrogens (tertiary/aromatic N) is 4. The second-order valence-electron chi connectivity index (χ2n) is 11.3. The van der Waals surface area contributed by atoms with Crippen LogP contribution in [0.25, 0.3) is 11.1 Å². The number of nitrogens with two attached hydrogens (primary N) is 2. The molecule has 9 nitrogen and oxygen atoms in total. The van der Waals surface area contributed by atoms with Crippen molar-refractivity contribution in [1.82, 2.24) is 19.4 Å². The van der Waals surface area contributed by atoms with Crippen LogP contribution in [-0.2, 0) is 6.61 Å². The molecule has 3 heterocycles. The number of aryl methyl sites for hydroxylation is 2. The van der Waals surface area contributed by atoms with Crippen molar-refractivity contribution in [2.45, 2.75) is 39.3 Å². The maximum Gasteiger partial charge on any atom is 0.253 e. The number of hydrogen-bond donors (Lipinski definition) is 2. The Balaban J connectivity index is 1.17. The highest BCUT2D eigenvalue weighted by molar-refractivity contribution is 6.04. The molecule has 0 bridgehead atoms. The van der Waals surface area contributed by atoms with E-state index >= 15 is 0 Å². The highest BCUT2D eigenvalue weighted by atomic mass is 16.5. The van der Waals surface area contributed by atoms with E-state index < -0.39 is 5.91 Å². The summed E-state index contributed by atoms with van der Waals surface area (Å²) in [4.78, 5) is 23.2. The van der Waals surface area contributed by atoms with Crippen molar-refractivity contribution in [2.24, 2.45) is 11.1 Å². The Kier molecular flexibility index (Phi) is 6.46. The molecule has 1 saturated carbocycles. The average Bonchev–Trinajstić information content (AvgIpc) is 3.22. The van der Waals surface area contributed by atoms with Crippen LogP contribution in [0, 0.1) is 19.3 Å². The Labute approximate surface area is 233 Å². The van der Waals surface area contributed by atoms with Gasteiger partial charge in [0.1, 0.15) is 35.5 Å². The van der Waals surface area contributed by atoms with Crippen molar-refractivity contribution in [3.05, 3.63) is 83.6 Å². The number of amides is 1. The lowest BCUT2D eigenvalue weighted by Crippen LogP contribution is -2.60. The smallest absolute Gasteiger partial charge is 0.253 e. The summed E-state index contributed by atoms with van der Waals surface area (Å²) in [5.74, 6) is 2.67. The Morgan fingerprint density at radius 1 is 1.02 bits per heavy atom. The fourth-order valence-corrected chi connectivity index (χ4v) is 6.17. The summed E-state index contributed by atoms with van der Waals surface area (Å²) in [5, 5.41) is 0. The van der Waals surface area contributed by atoms with Gasteiger partial charge in [-0.25, -0.2) is 9.97 Å². The van der Waals surface area contributed by atoms with E-state index in [1.54, 1.807) is 12.4 Å². The van der Waals surface area contributed by atoms with E-state index in [9.17, 15) is 4.79 Å². The van der Waals surface area contributed by atoms with Gasteiger partial charge < -0.3 is 30.4 Å². The average molecular weight is 539 g/mol. The van der Waals surface area contributed by atoms with Gasteiger partial charge >= 0.3 is 0 Å². The summed E-state index contributed by atoms with van der Waals surface area (Å²) in [6.45, 7) is 6.45. The first kappa shape index (κ1) is 25.9. The predicted octanol–water partition coefficient (Wildman–Crippen LogP) is 4.88. The molecular weight excluding hydrogens is 504 g/mol. The zero-order chi connectivity index (χ0) is 28.0. The highest BCUT2D eigenvalue weighted by Gasteiger charge is 2.52. The maximum absolute atomic E-state index is 12.4. The van der Waals surface area contributed by atoms with Gasteiger partial charge in [0.25, 0.3) is 5.91 Å². The van der Waals surface area contributed by atoms with E-state index in [4.69, 9.17) is 20.9 Å². The van der Waals surface area contributed by atoms with Gasteiger partial charge in [-0.15, -0.1) is 0 Å². The normalized spacial score (nSPS) is 16.4. The minimum Gasteiger partial charge on any atom is -0.489 e. The Morgan fingerprint density at radius 2 is 1.70 bits per heavy atom. The van der Waals surface area contributed by atoms with Crippen LogP contribution in [0.4, 0.5) is 5.82 Å². The topological polar surface area (TPSA) is 122 Å². The molecule has 2 fully saturated rings. The van der Waals surface area contributed by atoms with Gasteiger partial charge in [0, 0.05) is 54.9 Å². The third-order valence-corrected chi connectivity index (χ3v) is 7.92. The first-order chi connectivity index (χ1) is 19.2. The number of aromatic nitrogens is 3. The lowest BCUT2D eigenvalue weighted by molar-refractivity contribution is -0.0751. The van der Waals surface area contributed by atoms with Crippen molar-refractivity contribution in [2.75, 3.05) is 25.9 Å². The number of hydrogen-bond acceptors (Lipinski definition) is 7. The molecule has 2 aromatic carbocycles. The molecule has 4 aromatic rings. The van der Waals surface area contributed by atoms with E-state index in [-0.39, 0.29) is 0 Å². The van der Waals surface area contributed by atoms with Crippen LogP contribution in [-0.4, -0.2) is 45.5 Å². The lowest BCUT2D eigenvalue weighted by Gasteiger charge is -2.58. The van der Waals surface area contributed by atoms with Crippen LogP contribution in [0.5, 0.6) is 17.2 Å².